The van der Waals surface area contributed by atoms with E-state index in [1.807, 2.05) is 0 Å². The Hall–Kier alpha value is 17.7. The summed E-state index contributed by atoms with van der Waals surface area (Å²) in [6, 6.07) is 0. The van der Waals surface area contributed by atoms with E-state index >= 15 is 0 Å². The van der Waals surface area contributed by atoms with E-state index in [1.54, 1.807) is 5.57 Å². The van der Waals surface area contributed by atoms with Crippen molar-refractivity contribution in [2.75, 3.05) is 337 Å². The number of carbonyl (C=O) groups is 2. The van der Waals surface area contributed by atoms with Crippen molar-refractivity contribution in [1.29, 1.82) is 0 Å². The van der Waals surface area contributed by atoms with Gasteiger partial charge in [-0.05, 0) is 111 Å². The number of rotatable bonds is 90. The average Bonchev–Trinajstić information content (AvgIpc) is 1.63. The number of nitrogens with one attached hydrogen (secondary N) is 1. The zero-order valence-corrected chi connectivity index (χ0v) is 137. The number of ether oxygens (including phenoxy) is 25. The summed E-state index contributed by atoms with van der Waals surface area (Å²) in [5.74, 6) is 4.81. The molecule has 0 aromatic carbocycles. The summed E-state index contributed by atoms with van der Waals surface area (Å²) in [5, 5.41) is 2.86. The predicted molar refractivity (Wildman–Crippen MR) is 450 cm³/mol. The third-order valence-corrected chi connectivity index (χ3v) is 22.6. The van der Waals surface area contributed by atoms with E-state index in [-0.39, 0.29) is 619 Å². The fourth-order valence-electron chi connectivity index (χ4n) is 15.8. The number of hydrogen-bond donors (Lipinski definition) is 2. The third kappa shape index (κ3) is 110. The molecule has 18 radical (unpaired) electrons. The number of esters is 1. The van der Waals surface area contributed by atoms with Crippen molar-refractivity contribution in [3.05, 3.63) is 11.6 Å². The molecule has 1 amide bonds. The van der Waals surface area contributed by atoms with Gasteiger partial charge < -0.3 is 133 Å². The van der Waals surface area contributed by atoms with Gasteiger partial charge in [-0.15, -0.1) is 0 Å². The first kappa shape index (κ1) is 187. The molecule has 4 aliphatic carbocycles. The van der Waals surface area contributed by atoms with Gasteiger partial charge in [0.05, 0.1) is 317 Å². The molecular weight excluding hydrogens is 3170 g/mol. The van der Waals surface area contributed by atoms with Crippen molar-refractivity contribution in [2.24, 2.45) is 46.3 Å². The Morgan fingerprint density at radius 3 is 0.934 bits per heavy atom. The summed E-state index contributed by atoms with van der Waals surface area (Å²) in [6.07, 6.45) is 21.2. The molecule has 3 fully saturated rings. The van der Waals surface area contributed by atoms with Crippen LogP contribution in [0.3, 0.4) is 0 Å². The van der Waals surface area contributed by atoms with E-state index in [0.717, 1.165) is 74.0 Å². The van der Waals surface area contributed by atoms with Crippen LogP contribution in [0.1, 0.15) is 150 Å². The Morgan fingerprint density at radius 1 is 0.343 bits per heavy atom. The second-order valence-electron chi connectivity index (χ2n) is 31.6. The Kier molecular flexibility index (Phi) is 187. The van der Waals surface area contributed by atoms with Crippen LogP contribution in [0.5, 0.6) is 0 Å². The maximum Gasteiger partial charge on any atom is 0.325 e. The molecule has 0 aliphatic heterocycles. The van der Waals surface area contributed by atoms with Crippen LogP contribution in [0, 0.1) is 46.3 Å². The number of amides is 1. The van der Waals surface area contributed by atoms with Crippen LogP contribution in [0.2, 0.25) is 0 Å². The molecule has 2 unspecified atom stereocenters. The van der Waals surface area contributed by atoms with Crippen molar-refractivity contribution in [2.45, 2.75) is 156 Å². The Balaban J connectivity index is -0.000000636. The van der Waals surface area contributed by atoms with Gasteiger partial charge in [-0.25, -0.2) is 0 Å². The molecule has 3 saturated carbocycles. The number of hydrogen-bond acceptors (Lipinski definition) is 29. The largest absolute Gasteiger partial charge is 0.462 e. The standard InChI is InChI=1S/C87H164NO30P.18Y/c1-76(2)13-11-14-77(3)81-18-19-82-80-17-16-78-75-79(20-23-86(78,4)83(80)21-24-87(81,82)5)118-85(90)15-12-26-93-29-31-95-33-35-97-37-39-99-41-43-101-45-47-103-49-51-105-53-55-107-57-59-109-61-63-111-65-67-113-69-71-115-73-74-116-72-70-114-68-66-112-64-62-110-60-58-108-56-54-106-52-50-104-48-46-102-44-42-100-40-38-98-36-34-96-32-30-94-28-22-84(89)88-25-9-7-8-10-27-117-119(6,91)92;;;;;;;;;;;;;;;;;;/h16,76-77,79-83H,7-15,17-75H2,1-6H3,(H,88,89)(H,91,92);;;;;;;;;;;;;;;;;;/t77-,79+,80-,81?,82+,83+,86+,87-;;;;;;;;;;;;;;;;;;/m1................../s1. The van der Waals surface area contributed by atoms with E-state index in [2.05, 4.69) is 46.0 Å². The zero-order chi connectivity index (χ0) is 85.2. The second-order valence-corrected chi connectivity index (χ2v) is 33.5. The molecule has 756 valence electrons. The van der Waals surface area contributed by atoms with Crippen LogP contribution in [-0.4, -0.2) is 360 Å². The minimum absolute atomic E-state index is 0. The van der Waals surface area contributed by atoms with Gasteiger partial charge in [0.25, 0.3) is 0 Å². The number of carbonyl (C=O) groups excluding carboxylic acids is 2. The SMILES string of the molecule is CC(C)CCC[C@@H](C)C1CC[C@H]2[C@H]3CC=C4C[C@@H](OC(=O)CCCOCCOCCOCCOCCOCCOCCOCCOCCOCCOCCOCCOCCOCCOCCOCCOCCOCCOCCOCCOCCOCCOCCOCCOCCC(=O)NCCCCCCOP(C)(=O)O)CC[C@]4(C)[C@H]3CC[C@]12C.[Y].[Y].[Y].[Y].[Y].[Y].[Y].[Y].[Y].[Y].[Y].[Y].[Y].[Y].[Y].[Y].[Y].[Y]. The summed E-state index contributed by atoms with van der Waals surface area (Å²) in [4.78, 5) is 33.9. The van der Waals surface area contributed by atoms with Gasteiger partial charge in [0.15, 0.2) is 0 Å². The van der Waals surface area contributed by atoms with Crippen LogP contribution in [-0.2, 0) is 726 Å². The van der Waals surface area contributed by atoms with Gasteiger partial charge >= 0.3 is 13.6 Å². The Labute approximate surface area is 1280 Å². The number of allylic oxidation sites excluding steroid dienone is 1. The number of fused-ring (bicyclic) bond motifs is 5. The Morgan fingerprint density at radius 2 is 0.635 bits per heavy atom. The van der Waals surface area contributed by atoms with E-state index < -0.39 is 7.60 Å². The summed E-state index contributed by atoms with van der Waals surface area (Å²) in [6.45, 7) is 37.1. The van der Waals surface area contributed by atoms with E-state index in [0.29, 0.717) is 355 Å². The topological polar surface area (TPSA) is 323 Å². The van der Waals surface area contributed by atoms with Crippen molar-refractivity contribution in [1.82, 2.24) is 5.32 Å². The summed E-state index contributed by atoms with van der Waals surface area (Å²) in [5.41, 5.74) is 2.33. The second kappa shape index (κ2) is 137. The first-order valence-corrected chi connectivity index (χ1v) is 47.2. The summed E-state index contributed by atoms with van der Waals surface area (Å²) in [7, 11) is -3.40. The fourth-order valence-corrected chi connectivity index (χ4v) is 16.2. The van der Waals surface area contributed by atoms with Gasteiger partial charge in [-0.3, -0.25) is 14.2 Å². The molecule has 0 aromatic rings. The molecule has 0 saturated heterocycles. The molecule has 9 atom stereocenters. The fraction of sp³-hybridized carbons (Fsp3) is 0.954. The van der Waals surface area contributed by atoms with E-state index in [4.69, 9.17) is 128 Å². The van der Waals surface area contributed by atoms with Crippen molar-refractivity contribution in [3.8, 4) is 0 Å². The quantitative estimate of drug-likeness (QED) is 0.0247. The van der Waals surface area contributed by atoms with Gasteiger partial charge in [0, 0.05) is 628 Å². The molecule has 31 nitrogen and oxygen atoms in total. The first-order valence-electron chi connectivity index (χ1n) is 45.2. The molecule has 137 heavy (non-hydrogen) atoms. The molecule has 0 spiro atoms. The minimum Gasteiger partial charge on any atom is -0.462 e. The molecule has 0 aromatic heterocycles. The summed E-state index contributed by atoms with van der Waals surface area (Å²) >= 11 is 0. The van der Waals surface area contributed by atoms with Crippen LogP contribution >= 0.6 is 7.60 Å². The van der Waals surface area contributed by atoms with Gasteiger partial charge in [-0.2, -0.15) is 0 Å². The normalized spacial score (nSPS) is 17.8. The van der Waals surface area contributed by atoms with E-state index in [1.165, 1.54) is 58.0 Å². The Bertz CT molecular complexity index is 2470. The molecule has 0 heterocycles. The summed E-state index contributed by atoms with van der Waals surface area (Å²) < 4.78 is 155. The molecule has 2 N–H and O–H groups in total. The zero-order valence-electron chi connectivity index (χ0n) is 84.8. The van der Waals surface area contributed by atoms with Gasteiger partial charge in [0.2, 0.25) is 5.91 Å². The maximum atomic E-state index is 12.9. The average molecular weight is 3340 g/mol. The van der Waals surface area contributed by atoms with Crippen molar-refractivity contribution < 1.29 is 731 Å². The van der Waals surface area contributed by atoms with Gasteiger partial charge in [0.1, 0.15) is 6.10 Å². The molecule has 50 heteroatoms. The first-order chi connectivity index (χ1) is 58.2. The molecule has 4 rings (SSSR count). The monoisotopic (exact) mass is 3330 g/mol. The van der Waals surface area contributed by atoms with Crippen LogP contribution in [0.25, 0.3) is 0 Å². The van der Waals surface area contributed by atoms with Crippen molar-refractivity contribution in [3.63, 3.8) is 0 Å². The molecule has 4 aliphatic rings. The predicted octanol–water partition coefficient (Wildman–Crippen LogP) is 9.97. The smallest absolute Gasteiger partial charge is 0.325 e. The molecular formula is C87H164NO30PY18. The maximum absolute atomic E-state index is 12.9. The minimum atomic E-state index is -3.40. The van der Waals surface area contributed by atoms with Crippen LogP contribution in [0.4, 0.5) is 0 Å². The number of unbranched alkanes of at least 4 members (excludes halogenated alkanes) is 3. The van der Waals surface area contributed by atoms with Crippen molar-refractivity contribution >= 4 is 19.5 Å². The van der Waals surface area contributed by atoms with Gasteiger partial charge in [-0.1, -0.05) is 78.4 Å². The van der Waals surface area contributed by atoms with E-state index in [9.17, 15) is 14.2 Å². The van der Waals surface area contributed by atoms with Crippen LogP contribution < -0.4 is 5.32 Å². The third-order valence-electron chi connectivity index (χ3n) is 22.0. The van der Waals surface area contributed by atoms with Crippen LogP contribution in [0.15, 0.2) is 11.6 Å². The molecule has 0 bridgehead atoms.